The fourth-order valence-corrected chi connectivity index (χ4v) is 5.96. The molecule has 1 aromatic carbocycles. The average molecular weight is 446 g/mol. The summed E-state index contributed by atoms with van der Waals surface area (Å²) >= 11 is 0. The van der Waals surface area contributed by atoms with E-state index in [1.807, 2.05) is 24.8 Å². The van der Waals surface area contributed by atoms with Crippen LogP contribution in [-0.2, 0) is 21.3 Å². The highest BCUT2D eigenvalue weighted by molar-refractivity contribution is 7.89. The number of ether oxygens (including phenoxy) is 1. The molecule has 0 radical (unpaired) electrons. The minimum atomic E-state index is -3.48. The summed E-state index contributed by atoms with van der Waals surface area (Å²) in [7, 11) is -3.48. The summed E-state index contributed by atoms with van der Waals surface area (Å²) in [6, 6.07) is 10.5. The van der Waals surface area contributed by atoms with E-state index in [4.69, 9.17) is 4.74 Å². The van der Waals surface area contributed by atoms with Crippen molar-refractivity contribution in [1.82, 2.24) is 13.8 Å². The molecule has 8 heteroatoms. The van der Waals surface area contributed by atoms with E-state index in [0.717, 1.165) is 42.9 Å². The van der Waals surface area contributed by atoms with Crippen LogP contribution in [0.4, 0.5) is 0 Å². The molecule has 0 amide bonds. The molecule has 1 aromatic heterocycles. The van der Waals surface area contributed by atoms with E-state index in [9.17, 15) is 13.2 Å². The number of hydrogen-bond acceptors (Lipinski definition) is 5. The van der Waals surface area contributed by atoms with Crippen LogP contribution in [0.3, 0.4) is 0 Å². The Morgan fingerprint density at radius 2 is 1.81 bits per heavy atom. The molecule has 168 valence electrons. The first-order chi connectivity index (χ1) is 14.9. The Bertz CT molecular complexity index is 1020. The molecule has 7 nitrogen and oxygen atoms in total. The number of sulfonamides is 1. The summed E-state index contributed by atoms with van der Waals surface area (Å²) in [6.45, 7) is 7.84. The standard InChI is InChI=1S/C23H31N3O4S/c1-18-15-22(19(2)26(18)16-20-7-6-14-30-20)23(27)17-24-10-12-25(13-11-24)31(28,29)21-8-4-3-5-9-21/h3-5,8-9,15,20H,6-7,10-14,16-17H2,1-2H3. The summed E-state index contributed by atoms with van der Waals surface area (Å²) in [4.78, 5) is 15.4. The van der Waals surface area contributed by atoms with E-state index in [1.54, 1.807) is 30.3 Å². The maximum absolute atomic E-state index is 13.0. The molecule has 0 saturated carbocycles. The van der Waals surface area contributed by atoms with Gasteiger partial charge in [0.05, 0.1) is 17.5 Å². The van der Waals surface area contributed by atoms with Crippen molar-refractivity contribution >= 4 is 15.8 Å². The van der Waals surface area contributed by atoms with Crippen LogP contribution in [0.25, 0.3) is 0 Å². The maximum Gasteiger partial charge on any atom is 0.243 e. The first-order valence-corrected chi connectivity index (χ1v) is 12.4. The Labute approximate surface area is 184 Å². The minimum absolute atomic E-state index is 0.0889. The third-order valence-corrected chi connectivity index (χ3v) is 8.28. The first kappa shape index (κ1) is 22.2. The molecule has 1 unspecified atom stereocenters. The van der Waals surface area contributed by atoms with Crippen molar-refractivity contribution in [2.24, 2.45) is 0 Å². The van der Waals surface area contributed by atoms with Crippen molar-refractivity contribution in [1.29, 1.82) is 0 Å². The van der Waals surface area contributed by atoms with Gasteiger partial charge in [-0.15, -0.1) is 0 Å². The highest BCUT2D eigenvalue weighted by Gasteiger charge is 2.29. The molecule has 3 heterocycles. The largest absolute Gasteiger partial charge is 0.376 e. The quantitative estimate of drug-likeness (QED) is 0.613. The smallest absolute Gasteiger partial charge is 0.243 e. The molecular weight excluding hydrogens is 414 g/mol. The lowest BCUT2D eigenvalue weighted by Gasteiger charge is -2.33. The molecule has 1 atom stereocenters. The van der Waals surface area contributed by atoms with Crippen LogP contribution in [0.2, 0.25) is 0 Å². The van der Waals surface area contributed by atoms with Crippen molar-refractivity contribution in [2.45, 2.75) is 44.2 Å². The van der Waals surface area contributed by atoms with Crippen molar-refractivity contribution < 1.29 is 17.9 Å². The number of aromatic nitrogens is 1. The number of piperazine rings is 1. The second-order valence-corrected chi connectivity index (χ2v) is 10.4. The highest BCUT2D eigenvalue weighted by Crippen LogP contribution is 2.22. The van der Waals surface area contributed by atoms with Gasteiger partial charge in [-0.25, -0.2) is 8.42 Å². The van der Waals surface area contributed by atoms with E-state index in [0.29, 0.717) is 37.6 Å². The van der Waals surface area contributed by atoms with Gasteiger partial charge in [0.15, 0.2) is 5.78 Å². The Hall–Kier alpha value is -2.00. The van der Waals surface area contributed by atoms with Crippen LogP contribution in [-0.4, -0.2) is 73.4 Å². The molecule has 0 bridgehead atoms. The van der Waals surface area contributed by atoms with Gasteiger partial charge in [-0.1, -0.05) is 18.2 Å². The maximum atomic E-state index is 13.0. The molecule has 0 aliphatic carbocycles. The fraction of sp³-hybridized carbons (Fsp3) is 0.522. The van der Waals surface area contributed by atoms with Crippen molar-refractivity contribution in [3.63, 3.8) is 0 Å². The fourth-order valence-electron chi connectivity index (χ4n) is 4.51. The third-order valence-electron chi connectivity index (χ3n) is 6.36. The monoisotopic (exact) mass is 445 g/mol. The number of nitrogens with zero attached hydrogens (tertiary/aromatic N) is 3. The molecule has 2 fully saturated rings. The molecular formula is C23H31N3O4S. The number of hydrogen-bond donors (Lipinski definition) is 0. The molecule has 2 aliphatic heterocycles. The number of rotatable bonds is 7. The van der Waals surface area contributed by atoms with Gasteiger partial charge in [0.1, 0.15) is 0 Å². The summed E-state index contributed by atoms with van der Waals surface area (Å²) in [5, 5.41) is 0. The number of benzene rings is 1. The Morgan fingerprint density at radius 3 is 2.45 bits per heavy atom. The van der Waals surface area contributed by atoms with Crippen LogP contribution < -0.4 is 0 Å². The minimum Gasteiger partial charge on any atom is -0.376 e. The lowest BCUT2D eigenvalue weighted by Crippen LogP contribution is -2.49. The zero-order valence-corrected chi connectivity index (χ0v) is 19.1. The van der Waals surface area contributed by atoms with Gasteiger partial charge in [0, 0.05) is 56.3 Å². The molecule has 4 rings (SSSR count). The Balaban J connectivity index is 1.36. The highest BCUT2D eigenvalue weighted by atomic mass is 32.2. The van der Waals surface area contributed by atoms with Gasteiger partial charge in [-0.2, -0.15) is 4.31 Å². The second-order valence-electron chi connectivity index (χ2n) is 8.45. The van der Waals surface area contributed by atoms with E-state index < -0.39 is 10.0 Å². The van der Waals surface area contributed by atoms with Gasteiger partial charge < -0.3 is 9.30 Å². The molecule has 2 saturated heterocycles. The Morgan fingerprint density at radius 1 is 1.10 bits per heavy atom. The lowest BCUT2D eigenvalue weighted by atomic mass is 10.1. The predicted octanol–water partition coefficient (Wildman–Crippen LogP) is 2.47. The number of ketones is 1. The number of Topliss-reactive ketones (excluding diaryl/α,β-unsaturated/α-hetero) is 1. The van der Waals surface area contributed by atoms with E-state index >= 15 is 0 Å². The van der Waals surface area contributed by atoms with Crippen LogP contribution >= 0.6 is 0 Å². The van der Waals surface area contributed by atoms with Crippen LogP contribution in [0, 0.1) is 13.8 Å². The van der Waals surface area contributed by atoms with E-state index in [2.05, 4.69) is 4.57 Å². The van der Waals surface area contributed by atoms with E-state index in [-0.39, 0.29) is 11.9 Å². The van der Waals surface area contributed by atoms with Gasteiger partial charge in [-0.3, -0.25) is 9.69 Å². The zero-order chi connectivity index (χ0) is 22.0. The van der Waals surface area contributed by atoms with Gasteiger partial charge in [-0.05, 0) is 44.9 Å². The molecule has 2 aliphatic rings. The van der Waals surface area contributed by atoms with Crippen molar-refractivity contribution in [3.05, 3.63) is 53.3 Å². The second kappa shape index (κ2) is 9.24. The summed E-state index contributed by atoms with van der Waals surface area (Å²) < 4.78 is 35.0. The van der Waals surface area contributed by atoms with E-state index in [1.165, 1.54) is 4.31 Å². The van der Waals surface area contributed by atoms with Gasteiger partial charge >= 0.3 is 0 Å². The lowest BCUT2D eigenvalue weighted by molar-refractivity contribution is 0.0896. The summed E-state index contributed by atoms with van der Waals surface area (Å²) in [6.07, 6.45) is 2.39. The number of aryl methyl sites for hydroxylation is 1. The van der Waals surface area contributed by atoms with Gasteiger partial charge in [0.25, 0.3) is 0 Å². The molecule has 2 aromatic rings. The number of carbonyl (C=O) groups excluding carboxylic acids is 1. The molecule has 0 N–H and O–H groups in total. The summed E-state index contributed by atoms with van der Waals surface area (Å²) in [5.41, 5.74) is 2.83. The molecule has 31 heavy (non-hydrogen) atoms. The van der Waals surface area contributed by atoms with Crippen LogP contribution in [0.1, 0.15) is 34.6 Å². The average Bonchev–Trinajstić information content (AvgIpc) is 3.38. The number of carbonyl (C=O) groups is 1. The summed E-state index contributed by atoms with van der Waals surface area (Å²) in [5.74, 6) is 0.0889. The SMILES string of the molecule is Cc1cc(C(=O)CN2CCN(S(=O)(=O)c3ccccc3)CC2)c(C)n1CC1CCCO1. The first-order valence-electron chi connectivity index (χ1n) is 11.0. The topological polar surface area (TPSA) is 71.9 Å². The molecule has 0 spiro atoms. The predicted molar refractivity (Wildman–Crippen MR) is 119 cm³/mol. The van der Waals surface area contributed by atoms with Crippen LogP contribution in [0.15, 0.2) is 41.3 Å². The zero-order valence-electron chi connectivity index (χ0n) is 18.3. The third kappa shape index (κ3) is 4.77. The van der Waals surface area contributed by atoms with Crippen molar-refractivity contribution in [3.8, 4) is 0 Å². The Kier molecular flexibility index (Phi) is 6.62. The van der Waals surface area contributed by atoms with Gasteiger partial charge in [0.2, 0.25) is 10.0 Å². The van der Waals surface area contributed by atoms with Crippen molar-refractivity contribution in [2.75, 3.05) is 39.3 Å². The normalized spacial score (nSPS) is 20.9. The van der Waals surface area contributed by atoms with Crippen LogP contribution in [0.5, 0.6) is 0 Å².